The van der Waals surface area contributed by atoms with E-state index in [2.05, 4.69) is 5.16 Å². The predicted molar refractivity (Wildman–Crippen MR) is 81.2 cm³/mol. The number of ether oxygens (including phenoxy) is 1. The van der Waals surface area contributed by atoms with Crippen LogP contribution in [0, 0.1) is 0 Å². The van der Waals surface area contributed by atoms with Gasteiger partial charge in [0.15, 0.2) is 0 Å². The third kappa shape index (κ3) is 2.15. The normalized spacial score (nSPS) is 10.7. The molecule has 0 saturated carbocycles. The third-order valence-corrected chi connectivity index (χ3v) is 4.15. The van der Waals surface area contributed by atoms with Crippen LogP contribution >= 0.6 is 22.9 Å². The van der Waals surface area contributed by atoms with Crippen molar-refractivity contribution in [1.82, 2.24) is 5.16 Å². The molecule has 0 aliphatic heterocycles. The van der Waals surface area contributed by atoms with Crippen LogP contribution < -0.4 is 10.5 Å². The highest BCUT2D eigenvalue weighted by Gasteiger charge is 2.20. The molecule has 0 aliphatic rings. The summed E-state index contributed by atoms with van der Waals surface area (Å²) in [6.07, 6.45) is 0. The van der Waals surface area contributed by atoms with E-state index in [1.54, 1.807) is 7.11 Å². The smallest absolute Gasteiger partial charge is 0.230 e. The molecular formula is C14H11ClN2O2S. The topological polar surface area (TPSA) is 61.3 Å². The van der Waals surface area contributed by atoms with Gasteiger partial charge in [0.1, 0.15) is 11.4 Å². The minimum Gasteiger partial charge on any atom is -0.496 e. The molecule has 0 bridgehead atoms. The van der Waals surface area contributed by atoms with Gasteiger partial charge >= 0.3 is 0 Å². The van der Waals surface area contributed by atoms with Gasteiger partial charge in [0.25, 0.3) is 0 Å². The molecule has 0 atom stereocenters. The fraction of sp³-hybridized carbons (Fsp3) is 0.0714. The minimum atomic E-state index is 0.250. The SMILES string of the molecule is COc1csc(-c2noc(N)c2-c2ccccc2Cl)c1. The van der Waals surface area contributed by atoms with Crippen molar-refractivity contribution >= 4 is 28.8 Å². The second-order valence-electron chi connectivity index (χ2n) is 4.10. The summed E-state index contributed by atoms with van der Waals surface area (Å²) >= 11 is 7.74. The van der Waals surface area contributed by atoms with Crippen molar-refractivity contribution in [2.45, 2.75) is 0 Å². The molecule has 0 spiro atoms. The number of thiophene rings is 1. The number of nitrogens with two attached hydrogens (primary N) is 1. The zero-order chi connectivity index (χ0) is 14.1. The van der Waals surface area contributed by atoms with Crippen molar-refractivity contribution in [2.24, 2.45) is 0 Å². The van der Waals surface area contributed by atoms with Crippen LogP contribution in [0.25, 0.3) is 21.7 Å². The van der Waals surface area contributed by atoms with Crippen molar-refractivity contribution in [3.8, 4) is 27.4 Å². The largest absolute Gasteiger partial charge is 0.496 e. The first kappa shape index (κ1) is 13.0. The van der Waals surface area contributed by atoms with E-state index in [1.165, 1.54) is 11.3 Å². The molecule has 0 unspecified atom stereocenters. The second-order valence-corrected chi connectivity index (χ2v) is 5.42. The van der Waals surface area contributed by atoms with Gasteiger partial charge in [-0.05, 0) is 6.07 Å². The first-order valence-corrected chi connectivity index (χ1v) is 7.09. The standard InChI is InChI=1S/C14H11ClN2O2S/c1-18-8-6-11(20-7-8)13-12(14(16)19-17-13)9-4-2-3-5-10(9)15/h2-7H,16H2,1H3. The van der Waals surface area contributed by atoms with Gasteiger partial charge in [-0.1, -0.05) is 35.0 Å². The molecular weight excluding hydrogens is 296 g/mol. The minimum absolute atomic E-state index is 0.250. The lowest BCUT2D eigenvalue weighted by Crippen LogP contribution is -1.87. The van der Waals surface area contributed by atoms with Crippen LogP contribution in [0.5, 0.6) is 5.75 Å². The van der Waals surface area contributed by atoms with Crippen LogP contribution in [0.15, 0.2) is 40.2 Å². The lowest BCUT2D eigenvalue weighted by atomic mass is 10.0. The summed E-state index contributed by atoms with van der Waals surface area (Å²) in [6, 6.07) is 9.35. The average molecular weight is 307 g/mol. The molecule has 6 heteroatoms. The number of nitrogens with zero attached hydrogens (tertiary/aromatic N) is 1. The highest BCUT2D eigenvalue weighted by atomic mass is 35.5. The molecule has 102 valence electrons. The Hall–Kier alpha value is -1.98. The van der Waals surface area contributed by atoms with E-state index in [1.807, 2.05) is 35.7 Å². The van der Waals surface area contributed by atoms with Gasteiger partial charge in [-0.2, -0.15) is 0 Å². The Morgan fingerprint density at radius 3 is 2.85 bits per heavy atom. The molecule has 0 aliphatic carbocycles. The van der Waals surface area contributed by atoms with Gasteiger partial charge < -0.3 is 15.0 Å². The van der Waals surface area contributed by atoms with E-state index in [0.717, 1.165) is 16.2 Å². The fourth-order valence-electron chi connectivity index (χ4n) is 1.95. The highest BCUT2D eigenvalue weighted by Crippen LogP contribution is 2.42. The molecule has 0 saturated heterocycles. The van der Waals surface area contributed by atoms with E-state index < -0.39 is 0 Å². The maximum absolute atomic E-state index is 6.23. The summed E-state index contributed by atoms with van der Waals surface area (Å²) in [7, 11) is 1.62. The molecule has 0 radical (unpaired) electrons. The quantitative estimate of drug-likeness (QED) is 0.783. The average Bonchev–Trinajstić information content (AvgIpc) is 3.06. The zero-order valence-corrected chi connectivity index (χ0v) is 12.2. The van der Waals surface area contributed by atoms with Crippen LogP contribution in [0.4, 0.5) is 5.88 Å². The predicted octanol–water partition coefficient (Wildman–Crippen LogP) is 4.31. The van der Waals surface area contributed by atoms with Gasteiger partial charge in [-0.3, -0.25) is 0 Å². The molecule has 4 nitrogen and oxygen atoms in total. The van der Waals surface area contributed by atoms with E-state index >= 15 is 0 Å². The van der Waals surface area contributed by atoms with E-state index in [9.17, 15) is 0 Å². The Morgan fingerprint density at radius 1 is 1.35 bits per heavy atom. The third-order valence-electron chi connectivity index (χ3n) is 2.91. The number of nitrogen functional groups attached to an aromatic ring is 1. The summed E-state index contributed by atoms with van der Waals surface area (Å²) in [5, 5.41) is 6.55. The maximum Gasteiger partial charge on any atom is 0.230 e. The number of halogens is 1. The van der Waals surface area contributed by atoms with Crippen molar-refractivity contribution in [1.29, 1.82) is 0 Å². The molecule has 3 rings (SSSR count). The number of hydrogen-bond acceptors (Lipinski definition) is 5. The Kier molecular flexibility index (Phi) is 3.38. The van der Waals surface area contributed by atoms with E-state index in [4.69, 9.17) is 26.6 Å². The van der Waals surface area contributed by atoms with E-state index in [0.29, 0.717) is 16.3 Å². The maximum atomic E-state index is 6.23. The molecule has 2 N–H and O–H groups in total. The number of aromatic nitrogens is 1. The van der Waals surface area contributed by atoms with Crippen molar-refractivity contribution < 1.29 is 9.26 Å². The number of hydrogen-bond donors (Lipinski definition) is 1. The van der Waals surface area contributed by atoms with Crippen LogP contribution in [0.2, 0.25) is 5.02 Å². The van der Waals surface area contributed by atoms with Crippen LogP contribution in [-0.4, -0.2) is 12.3 Å². The van der Waals surface area contributed by atoms with Crippen molar-refractivity contribution in [3.05, 3.63) is 40.7 Å². The first-order valence-electron chi connectivity index (χ1n) is 5.83. The number of methoxy groups -OCH3 is 1. The Labute approximate surface area is 124 Å². The van der Waals surface area contributed by atoms with Crippen LogP contribution in [0.3, 0.4) is 0 Å². The summed E-state index contributed by atoms with van der Waals surface area (Å²) in [5.74, 6) is 1.03. The molecule has 2 heterocycles. The number of benzene rings is 1. The highest BCUT2D eigenvalue weighted by molar-refractivity contribution is 7.13. The van der Waals surface area contributed by atoms with Crippen molar-refractivity contribution in [2.75, 3.05) is 12.8 Å². The summed E-state index contributed by atoms with van der Waals surface area (Å²) in [5.41, 5.74) is 8.08. The number of rotatable bonds is 3. The molecule has 2 aromatic heterocycles. The van der Waals surface area contributed by atoms with E-state index in [-0.39, 0.29) is 5.88 Å². The second kappa shape index (κ2) is 5.19. The Bertz CT molecular complexity index is 751. The lowest BCUT2D eigenvalue weighted by Gasteiger charge is -2.03. The summed E-state index contributed by atoms with van der Waals surface area (Å²) in [6.45, 7) is 0. The van der Waals surface area contributed by atoms with Gasteiger partial charge in [0.05, 0.1) is 17.6 Å². The molecule has 3 aromatic rings. The molecule has 0 fully saturated rings. The van der Waals surface area contributed by atoms with Crippen LogP contribution in [-0.2, 0) is 0 Å². The van der Waals surface area contributed by atoms with Gasteiger partial charge in [-0.25, -0.2) is 0 Å². The molecule has 20 heavy (non-hydrogen) atoms. The Balaban J connectivity index is 2.17. The molecule has 1 aromatic carbocycles. The molecule has 0 amide bonds. The van der Waals surface area contributed by atoms with Crippen LogP contribution in [0.1, 0.15) is 0 Å². The van der Waals surface area contributed by atoms with Gasteiger partial charge in [-0.15, -0.1) is 11.3 Å². The lowest BCUT2D eigenvalue weighted by molar-refractivity contribution is 0.416. The zero-order valence-electron chi connectivity index (χ0n) is 10.6. The van der Waals surface area contributed by atoms with Gasteiger partial charge in [0.2, 0.25) is 5.88 Å². The van der Waals surface area contributed by atoms with Gasteiger partial charge in [0, 0.05) is 22.0 Å². The number of anilines is 1. The summed E-state index contributed by atoms with van der Waals surface area (Å²) in [4.78, 5) is 0.914. The first-order chi connectivity index (χ1) is 9.70. The fourth-order valence-corrected chi connectivity index (χ4v) is 3.02. The Morgan fingerprint density at radius 2 is 2.15 bits per heavy atom. The monoisotopic (exact) mass is 306 g/mol. The van der Waals surface area contributed by atoms with Crippen molar-refractivity contribution in [3.63, 3.8) is 0 Å². The summed E-state index contributed by atoms with van der Waals surface area (Å²) < 4.78 is 10.3.